The van der Waals surface area contributed by atoms with Crippen molar-refractivity contribution in [2.24, 2.45) is 0 Å². The van der Waals surface area contributed by atoms with Gasteiger partial charge in [0.15, 0.2) is 5.65 Å². The van der Waals surface area contributed by atoms with E-state index in [0.29, 0.717) is 12.2 Å². The van der Waals surface area contributed by atoms with Crippen molar-refractivity contribution in [2.75, 3.05) is 12.8 Å². The first kappa shape index (κ1) is 11.5. The number of rotatable bonds is 3. The molecule has 19 heavy (non-hydrogen) atoms. The Labute approximate surface area is 110 Å². The summed E-state index contributed by atoms with van der Waals surface area (Å²) in [5, 5.41) is 5.22. The third kappa shape index (κ3) is 2.10. The molecule has 96 valence electrons. The first-order valence-electron chi connectivity index (χ1n) is 5.97. The van der Waals surface area contributed by atoms with E-state index in [1.807, 2.05) is 28.9 Å². The molecule has 0 amide bonds. The number of nitrogen functional groups attached to an aromatic ring is 1. The van der Waals surface area contributed by atoms with E-state index in [1.54, 1.807) is 25.6 Å². The average Bonchev–Trinajstić information content (AvgIpc) is 2.84. The normalized spacial score (nSPS) is 10.8. The van der Waals surface area contributed by atoms with E-state index in [4.69, 9.17) is 10.5 Å². The molecule has 2 heterocycles. The molecule has 0 saturated heterocycles. The Bertz CT molecular complexity index is 703. The molecule has 0 bridgehead atoms. The molecular formula is C14H14N4O. The number of pyridine rings is 1. The smallest absolute Gasteiger partial charge is 0.160 e. The zero-order chi connectivity index (χ0) is 13.2. The monoisotopic (exact) mass is 254 g/mol. The van der Waals surface area contributed by atoms with Crippen LogP contribution < -0.4 is 10.5 Å². The number of hydrogen-bond acceptors (Lipinski definition) is 4. The van der Waals surface area contributed by atoms with Gasteiger partial charge in [0.05, 0.1) is 25.2 Å². The van der Waals surface area contributed by atoms with E-state index in [0.717, 1.165) is 22.3 Å². The van der Waals surface area contributed by atoms with Crippen LogP contribution >= 0.6 is 0 Å². The molecule has 1 aromatic carbocycles. The molecule has 5 nitrogen and oxygen atoms in total. The molecule has 0 aliphatic rings. The van der Waals surface area contributed by atoms with Gasteiger partial charge in [-0.15, -0.1) is 0 Å². The lowest BCUT2D eigenvalue weighted by Crippen LogP contribution is -2.02. The average molecular weight is 254 g/mol. The number of anilines is 1. The van der Waals surface area contributed by atoms with E-state index < -0.39 is 0 Å². The highest BCUT2D eigenvalue weighted by Crippen LogP contribution is 2.19. The molecule has 5 heteroatoms. The topological polar surface area (TPSA) is 66.0 Å². The molecule has 3 aromatic rings. The Balaban J connectivity index is 1.94. The molecule has 0 fully saturated rings. The van der Waals surface area contributed by atoms with E-state index in [-0.39, 0.29) is 0 Å². The maximum atomic E-state index is 5.89. The molecule has 0 spiro atoms. The van der Waals surface area contributed by atoms with Crippen molar-refractivity contribution in [2.45, 2.75) is 6.54 Å². The van der Waals surface area contributed by atoms with E-state index in [2.05, 4.69) is 10.1 Å². The third-order valence-corrected chi connectivity index (χ3v) is 3.06. The lowest BCUT2D eigenvalue weighted by molar-refractivity contribution is 0.414. The first-order valence-corrected chi connectivity index (χ1v) is 5.97. The van der Waals surface area contributed by atoms with Crippen LogP contribution in [0.3, 0.4) is 0 Å². The number of fused-ring (bicyclic) bond motifs is 1. The highest BCUT2D eigenvalue weighted by Gasteiger charge is 2.06. The van der Waals surface area contributed by atoms with Gasteiger partial charge >= 0.3 is 0 Å². The summed E-state index contributed by atoms with van der Waals surface area (Å²) in [5.41, 5.74) is 8.53. The summed E-state index contributed by atoms with van der Waals surface area (Å²) < 4.78 is 6.98. The number of nitrogens with zero attached hydrogens (tertiary/aromatic N) is 3. The van der Waals surface area contributed by atoms with Gasteiger partial charge in [0.1, 0.15) is 5.75 Å². The highest BCUT2D eigenvalue weighted by molar-refractivity contribution is 5.87. The number of benzene rings is 1. The molecule has 2 N–H and O–H groups in total. The number of nitrogens with two attached hydrogens (primary N) is 1. The Hall–Kier alpha value is -2.56. The summed E-state index contributed by atoms with van der Waals surface area (Å²) in [6.45, 7) is 0.657. The fourth-order valence-corrected chi connectivity index (χ4v) is 2.02. The highest BCUT2D eigenvalue weighted by atomic mass is 16.5. The summed E-state index contributed by atoms with van der Waals surface area (Å²) in [6, 6.07) is 9.67. The van der Waals surface area contributed by atoms with Gasteiger partial charge in [-0.2, -0.15) is 5.10 Å². The van der Waals surface area contributed by atoms with Crippen molar-refractivity contribution in [1.82, 2.24) is 14.8 Å². The summed E-state index contributed by atoms with van der Waals surface area (Å²) in [5.74, 6) is 0.844. The molecule has 2 aromatic heterocycles. The lowest BCUT2D eigenvalue weighted by Gasteiger charge is -2.05. The minimum atomic E-state index is 0.657. The second-order valence-corrected chi connectivity index (χ2v) is 4.29. The summed E-state index contributed by atoms with van der Waals surface area (Å²) >= 11 is 0. The minimum Gasteiger partial charge on any atom is -0.497 e. The Kier molecular flexibility index (Phi) is 2.79. The molecule has 0 unspecified atom stereocenters. The Morgan fingerprint density at radius 3 is 2.74 bits per heavy atom. The molecule has 0 atom stereocenters. The van der Waals surface area contributed by atoms with E-state index in [1.165, 1.54) is 0 Å². The van der Waals surface area contributed by atoms with Crippen LogP contribution in [0.1, 0.15) is 5.56 Å². The molecular weight excluding hydrogens is 240 g/mol. The standard InChI is InChI=1S/C14H14N4O/c1-19-11-4-2-10(3-5-11)9-18-14-12(8-17-18)13(15)6-7-16-14/h2-8H,9H2,1H3,(H2,15,16). The Morgan fingerprint density at radius 2 is 2.00 bits per heavy atom. The van der Waals surface area contributed by atoms with Gasteiger partial charge in [-0.25, -0.2) is 9.67 Å². The summed E-state index contributed by atoms with van der Waals surface area (Å²) in [6.07, 6.45) is 3.45. The quantitative estimate of drug-likeness (QED) is 0.777. The number of methoxy groups -OCH3 is 1. The van der Waals surface area contributed by atoms with Gasteiger partial charge in [0, 0.05) is 11.9 Å². The molecule has 3 rings (SSSR count). The van der Waals surface area contributed by atoms with Crippen molar-refractivity contribution in [3.05, 3.63) is 48.3 Å². The van der Waals surface area contributed by atoms with E-state index >= 15 is 0 Å². The second kappa shape index (κ2) is 4.61. The van der Waals surface area contributed by atoms with Gasteiger partial charge in [-0.3, -0.25) is 0 Å². The van der Waals surface area contributed by atoms with Crippen LogP contribution in [0.5, 0.6) is 5.75 Å². The van der Waals surface area contributed by atoms with Crippen molar-refractivity contribution < 1.29 is 4.74 Å². The van der Waals surface area contributed by atoms with Gasteiger partial charge in [-0.05, 0) is 23.8 Å². The van der Waals surface area contributed by atoms with Crippen LogP contribution in [0.25, 0.3) is 11.0 Å². The maximum absolute atomic E-state index is 5.89. The zero-order valence-electron chi connectivity index (χ0n) is 10.6. The van der Waals surface area contributed by atoms with Crippen LogP contribution in [0.4, 0.5) is 5.69 Å². The summed E-state index contributed by atoms with van der Waals surface area (Å²) in [7, 11) is 1.66. The number of ether oxygens (including phenoxy) is 1. The fraction of sp³-hybridized carbons (Fsp3) is 0.143. The Morgan fingerprint density at radius 1 is 1.21 bits per heavy atom. The number of hydrogen-bond donors (Lipinski definition) is 1. The summed E-state index contributed by atoms with van der Waals surface area (Å²) in [4.78, 5) is 4.33. The van der Waals surface area contributed by atoms with Crippen LogP contribution in [0, 0.1) is 0 Å². The van der Waals surface area contributed by atoms with Crippen LogP contribution in [-0.4, -0.2) is 21.9 Å². The van der Waals surface area contributed by atoms with Crippen LogP contribution in [0.15, 0.2) is 42.7 Å². The fourth-order valence-electron chi connectivity index (χ4n) is 2.02. The van der Waals surface area contributed by atoms with Crippen molar-refractivity contribution in [1.29, 1.82) is 0 Å². The largest absolute Gasteiger partial charge is 0.497 e. The first-order chi connectivity index (χ1) is 9.28. The predicted molar refractivity (Wildman–Crippen MR) is 74.0 cm³/mol. The molecule has 0 aliphatic carbocycles. The van der Waals surface area contributed by atoms with Crippen LogP contribution in [-0.2, 0) is 6.54 Å². The molecule has 0 aliphatic heterocycles. The lowest BCUT2D eigenvalue weighted by atomic mass is 10.2. The third-order valence-electron chi connectivity index (χ3n) is 3.06. The van der Waals surface area contributed by atoms with Gasteiger partial charge in [0.25, 0.3) is 0 Å². The van der Waals surface area contributed by atoms with Crippen molar-refractivity contribution >= 4 is 16.7 Å². The van der Waals surface area contributed by atoms with Gasteiger partial charge in [-0.1, -0.05) is 12.1 Å². The SMILES string of the molecule is COc1ccc(Cn2ncc3c(N)ccnc32)cc1. The maximum Gasteiger partial charge on any atom is 0.160 e. The van der Waals surface area contributed by atoms with Crippen molar-refractivity contribution in [3.63, 3.8) is 0 Å². The minimum absolute atomic E-state index is 0.657. The zero-order valence-corrected chi connectivity index (χ0v) is 10.6. The predicted octanol–water partition coefficient (Wildman–Crippen LogP) is 2.07. The number of aromatic nitrogens is 3. The van der Waals surface area contributed by atoms with E-state index in [9.17, 15) is 0 Å². The van der Waals surface area contributed by atoms with Gasteiger partial charge in [0.2, 0.25) is 0 Å². The van der Waals surface area contributed by atoms with Crippen LogP contribution in [0.2, 0.25) is 0 Å². The van der Waals surface area contributed by atoms with Gasteiger partial charge < -0.3 is 10.5 Å². The second-order valence-electron chi connectivity index (χ2n) is 4.29. The van der Waals surface area contributed by atoms with Crippen molar-refractivity contribution in [3.8, 4) is 5.75 Å². The molecule has 0 saturated carbocycles. The molecule has 0 radical (unpaired) electrons.